The normalized spacial score (nSPS) is 10.8. The van der Waals surface area contributed by atoms with Crippen molar-refractivity contribution in [3.63, 3.8) is 0 Å². The summed E-state index contributed by atoms with van der Waals surface area (Å²) < 4.78 is 0. The van der Waals surface area contributed by atoms with Crippen molar-refractivity contribution in [3.05, 3.63) is 54.0 Å². The van der Waals surface area contributed by atoms with E-state index in [1.807, 2.05) is 31.3 Å². The van der Waals surface area contributed by atoms with Crippen molar-refractivity contribution in [1.82, 2.24) is 15.0 Å². The molecule has 0 spiro atoms. The Morgan fingerprint density at radius 1 is 1.21 bits per heavy atom. The smallest absolute Gasteiger partial charge is 0.177 e. The van der Waals surface area contributed by atoms with Gasteiger partial charge in [0.1, 0.15) is 5.82 Å². The van der Waals surface area contributed by atoms with Gasteiger partial charge in [0.2, 0.25) is 0 Å². The maximum atomic E-state index is 4.48. The lowest BCUT2D eigenvalue weighted by Crippen LogP contribution is -2.05. The van der Waals surface area contributed by atoms with Gasteiger partial charge < -0.3 is 10.3 Å². The van der Waals surface area contributed by atoms with Crippen molar-refractivity contribution in [2.24, 2.45) is 0 Å². The molecule has 2 heterocycles. The van der Waals surface area contributed by atoms with Gasteiger partial charge >= 0.3 is 0 Å². The third kappa shape index (κ3) is 2.73. The van der Waals surface area contributed by atoms with E-state index in [9.17, 15) is 0 Å². The first kappa shape index (κ1) is 11.7. The number of para-hydroxylation sites is 1. The first-order chi connectivity index (χ1) is 9.31. The highest BCUT2D eigenvalue weighted by molar-refractivity contribution is 5.70. The van der Waals surface area contributed by atoms with Crippen LogP contribution >= 0.6 is 0 Å². The molecule has 0 aliphatic heterocycles. The fraction of sp³-hybridized carbons (Fsp3) is 0.200. The van der Waals surface area contributed by atoms with Crippen molar-refractivity contribution in [1.29, 1.82) is 0 Å². The molecule has 2 aromatic heterocycles. The van der Waals surface area contributed by atoms with Gasteiger partial charge in [-0.2, -0.15) is 0 Å². The van der Waals surface area contributed by atoms with Crippen LogP contribution in [0.25, 0.3) is 11.2 Å². The van der Waals surface area contributed by atoms with Gasteiger partial charge in [-0.05, 0) is 30.7 Å². The van der Waals surface area contributed by atoms with E-state index in [0.29, 0.717) is 0 Å². The number of pyridine rings is 1. The number of rotatable bonds is 4. The molecule has 0 atom stereocenters. The molecule has 4 nitrogen and oxygen atoms in total. The summed E-state index contributed by atoms with van der Waals surface area (Å²) in [4.78, 5) is 12.1. The van der Waals surface area contributed by atoms with E-state index in [2.05, 4.69) is 38.5 Å². The minimum atomic E-state index is 0.792. The Morgan fingerprint density at radius 3 is 2.89 bits per heavy atom. The van der Waals surface area contributed by atoms with Crippen LogP contribution in [0.2, 0.25) is 0 Å². The maximum absolute atomic E-state index is 4.48. The summed E-state index contributed by atoms with van der Waals surface area (Å²) in [6.45, 7) is 2.88. The number of nitrogens with zero attached hydrogens (tertiary/aromatic N) is 2. The number of aromatic nitrogens is 3. The highest BCUT2D eigenvalue weighted by Gasteiger charge is 2.03. The average Bonchev–Trinajstić information content (AvgIpc) is 2.82. The van der Waals surface area contributed by atoms with Crippen molar-refractivity contribution in [2.75, 3.05) is 11.9 Å². The number of imidazole rings is 1. The second-order valence-electron chi connectivity index (χ2n) is 4.61. The van der Waals surface area contributed by atoms with Gasteiger partial charge in [0, 0.05) is 24.8 Å². The summed E-state index contributed by atoms with van der Waals surface area (Å²) in [7, 11) is 0. The molecule has 0 saturated carbocycles. The molecule has 0 saturated heterocycles. The van der Waals surface area contributed by atoms with Crippen LogP contribution < -0.4 is 5.32 Å². The lowest BCUT2D eigenvalue weighted by atomic mass is 10.3. The third-order valence-corrected chi connectivity index (χ3v) is 2.99. The van der Waals surface area contributed by atoms with Crippen molar-refractivity contribution < 1.29 is 0 Å². The van der Waals surface area contributed by atoms with Crippen LogP contribution in [0.3, 0.4) is 0 Å². The number of nitrogens with one attached hydrogen (secondary N) is 2. The van der Waals surface area contributed by atoms with Crippen molar-refractivity contribution in [3.8, 4) is 0 Å². The number of hydrogen-bond donors (Lipinski definition) is 2. The molecule has 0 fully saturated rings. The molecule has 0 radical (unpaired) electrons. The van der Waals surface area contributed by atoms with Gasteiger partial charge in [0.15, 0.2) is 5.65 Å². The summed E-state index contributed by atoms with van der Waals surface area (Å²) in [6.07, 6.45) is 2.69. The lowest BCUT2D eigenvalue weighted by Gasteiger charge is -2.03. The Bertz CT molecular complexity index is 673. The molecule has 0 amide bonds. The number of anilines is 1. The van der Waals surface area contributed by atoms with Gasteiger partial charge in [-0.25, -0.2) is 9.97 Å². The van der Waals surface area contributed by atoms with Crippen LogP contribution in [0.15, 0.2) is 42.6 Å². The molecule has 0 unspecified atom stereocenters. The van der Waals surface area contributed by atoms with Crippen LogP contribution in [0, 0.1) is 6.92 Å². The van der Waals surface area contributed by atoms with E-state index < -0.39 is 0 Å². The Balaban J connectivity index is 1.65. The molecule has 19 heavy (non-hydrogen) atoms. The molecule has 3 rings (SSSR count). The summed E-state index contributed by atoms with van der Waals surface area (Å²) in [5, 5.41) is 3.37. The number of H-pyrrole nitrogens is 1. The summed E-state index contributed by atoms with van der Waals surface area (Å²) in [5.74, 6) is 0.969. The molecular weight excluding hydrogens is 236 g/mol. The summed E-state index contributed by atoms with van der Waals surface area (Å²) >= 11 is 0. The quantitative estimate of drug-likeness (QED) is 0.750. The number of aryl methyl sites for hydroxylation is 1. The first-order valence-corrected chi connectivity index (χ1v) is 6.41. The van der Waals surface area contributed by atoms with Gasteiger partial charge in [-0.15, -0.1) is 0 Å². The van der Waals surface area contributed by atoms with Gasteiger partial charge in [-0.3, -0.25) is 0 Å². The third-order valence-electron chi connectivity index (χ3n) is 2.99. The fourth-order valence-corrected chi connectivity index (χ4v) is 2.05. The zero-order valence-corrected chi connectivity index (χ0v) is 10.9. The van der Waals surface area contributed by atoms with Crippen LogP contribution in [-0.2, 0) is 6.42 Å². The maximum Gasteiger partial charge on any atom is 0.177 e. The van der Waals surface area contributed by atoms with Crippen LogP contribution in [0.4, 0.5) is 5.69 Å². The van der Waals surface area contributed by atoms with Crippen LogP contribution in [0.1, 0.15) is 11.4 Å². The van der Waals surface area contributed by atoms with Gasteiger partial charge in [0.25, 0.3) is 0 Å². The average molecular weight is 252 g/mol. The molecule has 0 aliphatic rings. The molecule has 3 aromatic rings. The SMILES string of the molecule is Cc1cnc2nc(CCNc3ccccc3)[nH]c2c1. The highest BCUT2D eigenvalue weighted by atomic mass is 15.0. The summed E-state index contributed by atoms with van der Waals surface area (Å²) in [6, 6.07) is 12.3. The highest BCUT2D eigenvalue weighted by Crippen LogP contribution is 2.11. The minimum absolute atomic E-state index is 0.792. The molecule has 0 bridgehead atoms. The Hall–Kier alpha value is -2.36. The van der Waals surface area contributed by atoms with E-state index in [4.69, 9.17) is 0 Å². The zero-order valence-electron chi connectivity index (χ0n) is 10.9. The van der Waals surface area contributed by atoms with Gasteiger partial charge in [0.05, 0.1) is 5.52 Å². The molecule has 2 N–H and O–H groups in total. The van der Waals surface area contributed by atoms with E-state index >= 15 is 0 Å². The number of hydrogen-bond acceptors (Lipinski definition) is 3. The van der Waals surface area contributed by atoms with Crippen LogP contribution in [0.5, 0.6) is 0 Å². The second kappa shape index (κ2) is 5.10. The first-order valence-electron chi connectivity index (χ1n) is 6.41. The standard InChI is InChI=1S/C15H16N4/c1-11-9-13-15(17-10-11)19-14(18-13)7-8-16-12-5-3-2-4-6-12/h2-6,9-10,16H,7-8H2,1H3,(H,17,18,19). The van der Waals surface area contributed by atoms with E-state index in [0.717, 1.165) is 41.2 Å². The monoisotopic (exact) mass is 252 g/mol. The lowest BCUT2D eigenvalue weighted by molar-refractivity contribution is 0.933. The predicted octanol–water partition coefficient (Wildman–Crippen LogP) is 2.92. The van der Waals surface area contributed by atoms with Crippen molar-refractivity contribution >= 4 is 16.9 Å². The summed E-state index contributed by atoms with van der Waals surface area (Å²) in [5.41, 5.74) is 4.08. The van der Waals surface area contributed by atoms with Gasteiger partial charge in [-0.1, -0.05) is 18.2 Å². The second-order valence-corrected chi connectivity index (χ2v) is 4.61. The molecule has 0 aliphatic carbocycles. The molecular formula is C15H16N4. The minimum Gasteiger partial charge on any atom is -0.385 e. The Labute approximate surface area is 111 Å². The van der Waals surface area contributed by atoms with Crippen molar-refractivity contribution in [2.45, 2.75) is 13.3 Å². The number of fused-ring (bicyclic) bond motifs is 1. The Kier molecular flexibility index (Phi) is 3.14. The topological polar surface area (TPSA) is 53.6 Å². The number of benzene rings is 1. The van der Waals surface area contributed by atoms with E-state index in [1.165, 1.54) is 0 Å². The molecule has 4 heteroatoms. The Morgan fingerprint density at radius 2 is 2.05 bits per heavy atom. The largest absolute Gasteiger partial charge is 0.385 e. The number of aromatic amines is 1. The zero-order chi connectivity index (χ0) is 13.1. The van der Waals surface area contributed by atoms with E-state index in [-0.39, 0.29) is 0 Å². The fourth-order valence-electron chi connectivity index (χ4n) is 2.05. The van der Waals surface area contributed by atoms with E-state index in [1.54, 1.807) is 0 Å². The molecule has 96 valence electrons. The molecule has 1 aromatic carbocycles. The van der Waals surface area contributed by atoms with Crippen LogP contribution in [-0.4, -0.2) is 21.5 Å². The predicted molar refractivity (Wildman–Crippen MR) is 77.3 cm³/mol.